The summed E-state index contributed by atoms with van der Waals surface area (Å²) >= 11 is 1.41. The molecule has 4 rings (SSSR count). The van der Waals surface area contributed by atoms with Crippen LogP contribution in [0.3, 0.4) is 0 Å². The molecule has 0 aliphatic heterocycles. The Balaban J connectivity index is 1.42. The van der Waals surface area contributed by atoms with Gasteiger partial charge in [-0.1, -0.05) is 36.4 Å². The fraction of sp³-hybridized carbons (Fsp3) is 0.115. The molecule has 0 bridgehead atoms. The van der Waals surface area contributed by atoms with E-state index in [1.54, 1.807) is 13.2 Å². The number of hydrogen-bond donors (Lipinski definition) is 1. The van der Waals surface area contributed by atoms with Crippen molar-refractivity contribution in [3.8, 4) is 23.1 Å². The summed E-state index contributed by atoms with van der Waals surface area (Å²) in [6, 6.07) is 27.2. The van der Waals surface area contributed by atoms with E-state index in [2.05, 4.69) is 16.4 Å². The molecule has 0 saturated heterocycles. The molecule has 0 atom stereocenters. The molecule has 5 nitrogen and oxygen atoms in total. The Labute approximate surface area is 191 Å². The standard InChI is InChI=1S/C26H21N3O2S/c1-31-21-12-9-19(10-13-21)23-14-11-20(17-27)26(29-23)32-16-15-25(30)28-24-8-4-6-18-5-2-3-7-22(18)24/h2-14H,15-16H2,1H3,(H,28,30). The fourth-order valence-corrected chi connectivity index (χ4v) is 4.26. The number of nitrogens with zero attached hydrogens (tertiary/aromatic N) is 2. The molecule has 1 amide bonds. The molecule has 0 radical (unpaired) electrons. The van der Waals surface area contributed by atoms with Crippen LogP contribution in [0.2, 0.25) is 0 Å². The number of benzene rings is 3. The molecule has 1 aromatic heterocycles. The lowest BCUT2D eigenvalue weighted by atomic mass is 10.1. The highest BCUT2D eigenvalue weighted by Crippen LogP contribution is 2.27. The van der Waals surface area contributed by atoms with Gasteiger partial charge in [0.15, 0.2) is 0 Å². The second kappa shape index (κ2) is 9.99. The number of methoxy groups -OCH3 is 1. The number of carbonyl (C=O) groups is 1. The molecular formula is C26H21N3O2S. The number of rotatable bonds is 7. The van der Waals surface area contributed by atoms with Crippen molar-refractivity contribution in [3.63, 3.8) is 0 Å². The van der Waals surface area contributed by atoms with Crippen LogP contribution in [0.4, 0.5) is 5.69 Å². The third-order valence-corrected chi connectivity index (χ3v) is 5.99. The van der Waals surface area contributed by atoms with Gasteiger partial charge in [0.25, 0.3) is 0 Å². The van der Waals surface area contributed by atoms with Crippen LogP contribution in [0.1, 0.15) is 12.0 Å². The molecule has 6 heteroatoms. The molecule has 3 aromatic carbocycles. The highest BCUT2D eigenvalue weighted by molar-refractivity contribution is 7.99. The number of aromatic nitrogens is 1. The molecule has 0 unspecified atom stereocenters. The van der Waals surface area contributed by atoms with E-state index < -0.39 is 0 Å². The number of pyridine rings is 1. The van der Waals surface area contributed by atoms with Crippen molar-refractivity contribution in [1.29, 1.82) is 5.26 Å². The van der Waals surface area contributed by atoms with E-state index >= 15 is 0 Å². The van der Waals surface area contributed by atoms with Crippen LogP contribution in [-0.2, 0) is 4.79 Å². The van der Waals surface area contributed by atoms with Crippen molar-refractivity contribution in [2.45, 2.75) is 11.4 Å². The molecule has 1 N–H and O–H groups in total. The van der Waals surface area contributed by atoms with E-state index in [-0.39, 0.29) is 5.91 Å². The Bertz CT molecular complexity index is 1290. The van der Waals surface area contributed by atoms with Crippen molar-refractivity contribution in [2.75, 3.05) is 18.2 Å². The predicted molar refractivity (Wildman–Crippen MR) is 129 cm³/mol. The van der Waals surface area contributed by atoms with Gasteiger partial charge in [-0.3, -0.25) is 4.79 Å². The smallest absolute Gasteiger partial charge is 0.225 e. The molecule has 1 heterocycles. The molecule has 32 heavy (non-hydrogen) atoms. The monoisotopic (exact) mass is 439 g/mol. The van der Waals surface area contributed by atoms with Crippen molar-refractivity contribution >= 4 is 34.1 Å². The molecule has 0 aliphatic carbocycles. The van der Waals surface area contributed by atoms with Gasteiger partial charge in [0.1, 0.15) is 16.8 Å². The highest BCUT2D eigenvalue weighted by Gasteiger charge is 2.11. The largest absolute Gasteiger partial charge is 0.497 e. The van der Waals surface area contributed by atoms with Crippen LogP contribution >= 0.6 is 11.8 Å². The molecule has 4 aromatic rings. The quantitative estimate of drug-likeness (QED) is 0.363. The number of ether oxygens (including phenoxy) is 1. The normalized spacial score (nSPS) is 10.5. The number of nitrogens with one attached hydrogen (secondary N) is 1. The van der Waals surface area contributed by atoms with E-state index in [0.29, 0.717) is 22.8 Å². The predicted octanol–water partition coefficient (Wildman–Crippen LogP) is 5.90. The average Bonchev–Trinajstić information content (AvgIpc) is 2.84. The summed E-state index contributed by atoms with van der Waals surface area (Å²) in [6.07, 6.45) is 0.313. The summed E-state index contributed by atoms with van der Waals surface area (Å²) in [6.45, 7) is 0. The summed E-state index contributed by atoms with van der Waals surface area (Å²) < 4.78 is 5.20. The van der Waals surface area contributed by atoms with Crippen LogP contribution in [0, 0.1) is 11.3 Å². The van der Waals surface area contributed by atoms with Gasteiger partial charge in [-0.2, -0.15) is 5.26 Å². The van der Waals surface area contributed by atoms with Crippen LogP contribution in [0.15, 0.2) is 83.9 Å². The lowest BCUT2D eigenvalue weighted by Gasteiger charge is -2.09. The minimum absolute atomic E-state index is 0.0707. The average molecular weight is 440 g/mol. The Kier molecular flexibility index (Phi) is 6.69. The summed E-state index contributed by atoms with van der Waals surface area (Å²) in [4.78, 5) is 17.2. The maximum Gasteiger partial charge on any atom is 0.225 e. The van der Waals surface area contributed by atoms with Gasteiger partial charge in [0.2, 0.25) is 5.91 Å². The molecule has 0 fully saturated rings. The zero-order valence-corrected chi connectivity index (χ0v) is 18.4. The minimum Gasteiger partial charge on any atom is -0.497 e. The first-order chi connectivity index (χ1) is 15.7. The SMILES string of the molecule is COc1ccc(-c2ccc(C#N)c(SCCC(=O)Nc3cccc4ccccc34)n2)cc1. The second-order valence-corrected chi connectivity index (χ2v) is 8.15. The summed E-state index contributed by atoms with van der Waals surface area (Å²) in [7, 11) is 1.63. The summed E-state index contributed by atoms with van der Waals surface area (Å²) in [5.41, 5.74) is 3.01. The van der Waals surface area contributed by atoms with Crippen LogP contribution in [-0.4, -0.2) is 23.8 Å². The summed E-state index contributed by atoms with van der Waals surface area (Å²) in [5, 5.41) is 15.2. The maximum atomic E-state index is 12.5. The second-order valence-electron chi connectivity index (χ2n) is 7.06. The number of fused-ring (bicyclic) bond motifs is 1. The van der Waals surface area contributed by atoms with Crippen molar-refractivity contribution in [1.82, 2.24) is 4.98 Å². The molecule has 158 valence electrons. The lowest BCUT2D eigenvalue weighted by molar-refractivity contribution is -0.115. The number of anilines is 1. The van der Waals surface area contributed by atoms with Gasteiger partial charge in [-0.15, -0.1) is 11.8 Å². The summed E-state index contributed by atoms with van der Waals surface area (Å²) in [5.74, 6) is 1.22. The number of amides is 1. The lowest BCUT2D eigenvalue weighted by Crippen LogP contribution is -2.12. The zero-order chi connectivity index (χ0) is 22.3. The first kappa shape index (κ1) is 21.4. The third kappa shape index (κ3) is 4.90. The third-order valence-electron chi connectivity index (χ3n) is 5.00. The number of thioether (sulfide) groups is 1. The molecular weight excluding hydrogens is 418 g/mol. The van der Waals surface area contributed by atoms with Gasteiger partial charge in [0, 0.05) is 28.8 Å². The Hall–Kier alpha value is -3.82. The molecule has 0 spiro atoms. The number of carbonyl (C=O) groups excluding carboxylic acids is 1. The fourth-order valence-electron chi connectivity index (χ4n) is 3.35. The van der Waals surface area contributed by atoms with Crippen molar-refractivity contribution in [2.24, 2.45) is 0 Å². The first-order valence-electron chi connectivity index (χ1n) is 10.1. The van der Waals surface area contributed by atoms with Crippen LogP contribution < -0.4 is 10.1 Å². The van der Waals surface area contributed by atoms with Gasteiger partial charge in [-0.05, 0) is 47.9 Å². The first-order valence-corrected chi connectivity index (χ1v) is 11.1. The van der Waals surface area contributed by atoms with Gasteiger partial charge in [-0.25, -0.2) is 4.98 Å². The maximum absolute atomic E-state index is 12.5. The van der Waals surface area contributed by atoms with Gasteiger partial charge < -0.3 is 10.1 Å². The van der Waals surface area contributed by atoms with Gasteiger partial charge >= 0.3 is 0 Å². The minimum atomic E-state index is -0.0707. The number of nitriles is 1. The Morgan fingerprint density at radius 2 is 1.81 bits per heavy atom. The van der Waals surface area contributed by atoms with Crippen LogP contribution in [0.25, 0.3) is 22.0 Å². The van der Waals surface area contributed by atoms with E-state index in [1.165, 1.54) is 11.8 Å². The van der Waals surface area contributed by atoms with Crippen molar-refractivity contribution in [3.05, 3.63) is 84.4 Å². The molecule has 0 aliphatic rings. The number of hydrogen-bond acceptors (Lipinski definition) is 5. The van der Waals surface area contributed by atoms with E-state index in [4.69, 9.17) is 4.74 Å². The Morgan fingerprint density at radius 1 is 1.03 bits per heavy atom. The zero-order valence-electron chi connectivity index (χ0n) is 17.5. The Morgan fingerprint density at radius 3 is 2.59 bits per heavy atom. The van der Waals surface area contributed by atoms with Gasteiger partial charge in [0.05, 0.1) is 18.4 Å². The highest BCUT2D eigenvalue weighted by atomic mass is 32.2. The van der Waals surface area contributed by atoms with Crippen molar-refractivity contribution < 1.29 is 9.53 Å². The topological polar surface area (TPSA) is 75.0 Å². The van der Waals surface area contributed by atoms with Crippen LogP contribution in [0.5, 0.6) is 5.75 Å². The van der Waals surface area contributed by atoms with E-state index in [0.717, 1.165) is 33.5 Å². The van der Waals surface area contributed by atoms with E-state index in [9.17, 15) is 10.1 Å². The molecule has 0 saturated carbocycles. The van der Waals surface area contributed by atoms with E-state index in [1.807, 2.05) is 72.8 Å².